The molecule has 1 unspecified atom stereocenters. The highest BCUT2D eigenvalue weighted by Crippen LogP contribution is 2.47. The molecule has 2 aromatic heterocycles. The number of pyridine rings is 1. The van der Waals surface area contributed by atoms with Crippen LogP contribution in [-0.4, -0.2) is 58.0 Å². The van der Waals surface area contributed by atoms with Crippen LogP contribution < -0.4 is 10.9 Å². The number of nitriles is 1. The van der Waals surface area contributed by atoms with Crippen LogP contribution in [0.25, 0.3) is 11.0 Å². The zero-order valence-corrected chi connectivity index (χ0v) is 24.6. The average molecular weight is 595 g/mol. The minimum absolute atomic E-state index is 0.0381. The van der Waals surface area contributed by atoms with Crippen LogP contribution in [0.4, 0.5) is 19.0 Å². The smallest absolute Gasteiger partial charge is 0.276 e. The third-order valence-corrected chi connectivity index (χ3v) is 9.37. The van der Waals surface area contributed by atoms with Crippen molar-refractivity contribution < 1.29 is 17.9 Å². The van der Waals surface area contributed by atoms with Gasteiger partial charge in [-0.15, -0.1) is 0 Å². The van der Waals surface area contributed by atoms with E-state index in [1.807, 2.05) is 11.8 Å². The molecule has 228 valence electrons. The third kappa shape index (κ3) is 5.75. The third-order valence-electron chi connectivity index (χ3n) is 9.37. The molecule has 1 saturated heterocycles. The molecular formula is C32H37F3N6O2. The van der Waals surface area contributed by atoms with Crippen molar-refractivity contribution in [3.8, 4) is 6.07 Å². The van der Waals surface area contributed by atoms with E-state index < -0.39 is 29.0 Å². The van der Waals surface area contributed by atoms with Crippen LogP contribution in [0.5, 0.6) is 0 Å². The molecule has 0 radical (unpaired) electrons. The highest BCUT2D eigenvalue weighted by Gasteiger charge is 2.48. The Kier molecular flexibility index (Phi) is 7.71. The number of anilines is 1. The maximum atomic E-state index is 15.8. The van der Waals surface area contributed by atoms with Crippen molar-refractivity contribution in [1.82, 2.24) is 19.4 Å². The Balaban J connectivity index is 1.41. The molecule has 8 bridgehead atoms. The van der Waals surface area contributed by atoms with Crippen molar-refractivity contribution >= 4 is 16.9 Å². The highest BCUT2D eigenvalue weighted by atomic mass is 19.3. The predicted molar refractivity (Wildman–Crippen MR) is 157 cm³/mol. The Labute approximate surface area is 248 Å². The maximum absolute atomic E-state index is 15.8. The van der Waals surface area contributed by atoms with Crippen LogP contribution in [0.3, 0.4) is 0 Å². The van der Waals surface area contributed by atoms with E-state index in [-0.39, 0.29) is 56.7 Å². The van der Waals surface area contributed by atoms with E-state index in [0.29, 0.717) is 53.9 Å². The summed E-state index contributed by atoms with van der Waals surface area (Å²) in [5.41, 5.74) is -1.33. The molecular weight excluding hydrogens is 557 g/mol. The average Bonchev–Trinajstić information content (AvgIpc) is 3.79. The van der Waals surface area contributed by atoms with Crippen LogP contribution in [0.2, 0.25) is 0 Å². The Morgan fingerprint density at radius 3 is 2.56 bits per heavy atom. The molecule has 43 heavy (non-hydrogen) atoms. The summed E-state index contributed by atoms with van der Waals surface area (Å²) in [7, 11) is 0. The van der Waals surface area contributed by atoms with E-state index in [1.165, 1.54) is 23.9 Å². The first-order chi connectivity index (χ1) is 20.5. The first-order valence-corrected chi connectivity index (χ1v) is 15.1. The van der Waals surface area contributed by atoms with E-state index in [0.717, 1.165) is 0 Å². The van der Waals surface area contributed by atoms with Crippen molar-refractivity contribution in [3.63, 3.8) is 0 Å². The molecule has 8 nitrogen and oxygen atoms in total. The second kappa shape index (κ2) is 11.2. The SMILES string of the molecule is C[C@H]1Nc2ncnc3c2cc(C2(C#N)CC2)c(=O)n3CCOCCC(C)(F)CN2CCC(CC2)C(F)(F)c2cccc1c2. The first kappa shape index (κ1) is 29.6. The summed E-state index contributed by atoms with van der Waals surface area (Å²) in [6.45, 7) is 4.83. The topological polar surface area (TPSA) is 96.1 Å². The van der Waals surface area contributed by atoms with Crippen molar-refractivity contribution in [1.29, 1.82) is 5.26 Å². The standard InChI is InChI=1S/C32H37F3N6O2/c1-21-22-4-3-5-24(16-22)32(34,35)23-6-11-40(12-7-23)19-30(2,33)10-14-43-15-13-41-28-25(27(39-21)37-20-38-28)17-26(29(41)42)31(18-36)8-9-31/h3-5,16-17,20-21,23H,6-15,19H2,1-2H3,(H,37,38,39)/t21-,30?/m1/s1. The molecule has 2 fully saturated rings. The van der Waals surface area contributed by atoms with Crippen LogP contribution in [0.15, 0.2) is 41.5 Å². The number of hydrogen-bond acceptors (Lipinski definition) is 7. The van der Waals surface area contributed by atoms with Gasteiger partial charge in [0, 0.05) is 42.7 Å². The summed E-state index contributed by atoms with van der Waals surface area (Å²) in [6.07, 6.45) is 3.23. The molecule has 4 aliphatic rings. The second-order valence-electron chi connectivity index (χ2n) is 12.6. The number of nitrogens with one attached hydrogen (secondary N) is 1. The number of benzene rings is 1. The van der Waals surface area contributed by atoms with Crippen molar-refractivity contribution in [3.05, 3.63) is 63.7 Å². The molecule has 1 aromatic carbocycles. The number of ether oxygens (including phenoxy) is 1. The number of fused-ring (bicyclic) bond motifs is 9. The number of nitrogens with zero attached hydrogens (tertiary/aromatic N) is 5. The lowest BCUT2D eigenvalue weighted by Gasteiger charge is -2.38. The number of rotatable bonds is 1. The van der Waals surface area contributed by atoms with Crippen LogP contribution in [-0.2, 0) is 22.6 Å². The summed E-state index contributed by atoms with van der Waals surface area (Å²) in [5.74, 6) is -3.43. The van der Waals surface area contributed by atoms with Gasteiger partial charge in [-0.05, 0) is 70.3 Å². The predicted octanol–water partition coefficient (Wildman–Crippen LogP) is 5.47. The molecule has 7 rings (SSSR count). The molecule has 0 amide bonds. The monoisotopic (exact) mass is 594 g/mol. The van der Waals surface area contributed by atoms with Gasteiger partial charge in [-0.1, -0.05) is 18.2 Å². The van der Waals surface area contributed by atoms with Gasteiger partial charge < -0.3 is 15.0 Å². The molecule has 5 heterocycles. The quantitative estimate of drug-likeness (QED) is 0.399. The minimum atomic E-state index is -3.03. The lowest BCUT2D eigenvalue weighted by Crippen LogP contribution is -2.45. The highest BCUT2D eigenvalue weighted by molar-refractivity contribution is 5.87. The fourth-order valence-corrected chi connectivity index (χ4v) is 6.49. The van der Waals surface area contributed by atoms with Crippen molar-refractivity contribution in [2.75, 3.05) is 38.2 Å². The molecule has 1 saturated carbocycles. The van der Waals surface area contributed by atoms with Gasteiger partial charge in [-0.25, -0.2) is 23.1 Å². The number of halogens is 3. The summed E-state index contributed by atoms with van der Waals surface area (Å²) in [5, 5.41) is 13.8. The molecule has 1 aliphatic carbocycles. The molecule has 2 atom stereocenters. The number of aromatic nitrogens is 3. The van der Waals surface area contributed by atoms with Gasteiger partial charge in [-0.3, -0.25) is 9.36 Å². The van der Waals surface area contributed by atoms with Gasteiger partial charge in [0.15, 0.2) is 0 Å². The first-order valence-electron chi connectivity index (χ1n) is 15.1. The second-order valence-corrected chi connectivity index (χ2v) is 12.6. The number of hydrogen-bond donors (Lipinski definition) is 1. The largest absolute Gasteiger partial charge is 0.379 e. The minimum Gasteiger partial charge on any atom is -0.379 e. The molecule has 3 aromatic rings. The number of alkyl halides is 3. The van der Waals surface area contributed by atoms with E-state index >= 15 is 13.2 Å². The molecule has 1 N–H and O–H groups in total. The Morgan fingerprint density at radius 1 is 1.07 bits per heavy atom. The molecule has 11 heteroatoms. The molecule has 3 aliphatic heterocycles. The zero-order chi connectivity index (χ0) is 30.4. The maximum Gasteiger partial charge on any atom is 0.276 e. The van der Waals surface area contributed by atoms with Crippen molar-refractivity contribution in [2.45, 2.75) is 75.5 Å². The van der Waals surface area contributed by atoms with Gasteiger partial charge in [0.25, 0.3) is 11.5 Å². The van der Waals surface area contributed by atoms with E-state index in [4.69, 9.17) is 4.74 Å². The molecule has 0 spiro atoms. The Bertz CT molecular complexity index is 1600. The Hall–Kier alpha value is -3.49. The fourth-order valence-electron chi connectivity index (χ4n) is 6.49. The van der Waals surface area contributed by atoms with Gasteiger partial charge >= 0.3 is 0 Å². The van der Waals surface area contributed by atoms with E-state index in [2.05, 4.69) is 21.4 Å². The van der Waals surface area contributed by atoms with Crippen LogP contribution >= 0.6 is 0 Å². The summed E-state index contributed by atoms with van der Waals surface area (Å²) in [6, 6.07) is 10.1. The lowest BCUT2D eigenvalue weighted by atomic mass is 9.85. The normalized spacial score (nSPS) is 28.9. The lowest BCUT2D eigenvalue weighted by molar-refractivity contribution is -0.0885. The van der Waals surface area contributed by atoms with Gasteiger partial charge in [-0.2, -0.15) is 5.26 Å². The summed E-state index contributed by atoms with van der Waals surface area (Å²) < 4.78 is 54.4. The fraction of sp³-hybridized carbons (Fsp3) is 0.562. The summed E-state index contributed by atoms with van der Waals surface area (Å²) in [4.78, 5) is 24.5. The Morgan fingerprint density at radius 2 is 1.84 bits per heavy atom. The van der Waals surface area contributed by atoms with Crippen LogP contribution in [0.1, 0.15) is 68.7 Å². The van der Waals surface area contributed by atoms with Gasteiger partial charge in [0.2, 0.25) is 0 Å². The van der Waals surface area contributed by atoms with E-state index in [9.17, 15) is 10.1 Å². The van der Waals surface area contributed by atoms with E-state index in [1.54, 1.807) is 24.3 Å². The van der Waals surface area contributed by atoms with Crippen LogP contribution in [0, 0.1) is 17.2 Å². The number of piperidine rings is 1. The summed E-state index contributed by atoms with van der Waals surface area (Å²) >= 11 is 0. The van der Waals surface area contributed by atoms with Gasteiger partial charge in [0.1, 0.15) is 23.5 Å². The zero-order valence-electron chi connectivity index (χ0n) is 24.6. The van der Waals surface area contributed by atoms with Gasteiger partial charge in [0.05, 0.1) is 30.0 Å². The van der Waals surface area contributed by atoms with Crippen molar-refractivity contribution in [2.24, 2.45) is 5.92 Å².